The van der Waals surface area contributed by atoms with Gasteiger partial charge in [-0.15, -0.1) is 0 Å². The predicted octanol–water partition coefficient (Wildman–Crippen LogP) is 3.03. The fourth-order valence-corrected chi connectivity index (χ4v) is 4.12. The van der Waals surface area contributed by atoms with E-state index in [9.17, 15) is 9.59 Å². The number of aromatic nitrogens is 3. The van der Waals surface area contributed by atoms with Crippen LogP contribution in [0.5, 0.6) is 0 Å². The maximum absolute atomic E-state index is 13.3. The summed E-state index contributed by atoms with van der Waals surface area (Å²) in [6, 6.07) is 8.73. The lowest BCUT2D eigenvalue weighted by Crippen LogP contribution is -2.38. The molecule has 3 aromatic rings. The number of benzene rings is 1. The van der Waals surface area contributed by atoms with Crippen LogP contribution in [0.3, 0.4) is 0 Å². The van der Waals surface area contributed by atoms with Gasteiger partial charge in [-0.25, -0.2) is 0 Å². The van der Waals surface area contributed by atoms with E-state index in [2.05, 4.69) is 15.3 Å². The molecule has 1 atom stereocenters. The Morgan fingerprint density at radius 2 is 1.81 bits per heavy atom. The number of rotatable bonds is 5. The molecule has 0 aliphatic carbocycles. The van der Waals surface area contributed by atoms with Gasteiger partial charge in [0.05, 0.1) is 5.69 Å². The maximum Gasteiger partial charge on any atom is 0.254 e. The minimum Gasteiger partial charge on any atom is -0.361 e. The minimum absolute atomic E-state index is 0.0412. The average molecular weight is 438 g/mol. The Hall–Kier alpha value is -3.49. The van der Waals surface area contributed by atoms with Crippen LogP contribution in [0.25, 0.3) is 0 Å². The van der Waals surface area contributed by atoms with Gasteiger partial charge in [-0.1, -0.05) is 28.5 Å². The predicted molar refractivity (Wildman–Crippen MR) is 115 cm³/mol. The van der Waals surface area contributed by atoms with Crippen molar-refractivity contribution in [3.05, 3.63) is 64.6 Å². The van der Waals surface area contributed by atoms with Crippen LogP contribution in [0.4, 0.5) is 0 Å². The van der Waals surface area contributed by atoms with E-state index in [-0.39, 0.29) is 17.9 Å². The lowest BCUT2D eigenvalue weighted by Gasteiger charge is -2.27. The van der Waals surface area contributed by atoms with Crippen molar-refractivity contribution in [1.82, 2.24) is 25.1 Å². The van der Waals surface area contributed by atoms with Crippen LogP contribution in [0.2, 0.25) is 0 Å². The van der Waals surface area contributed by atoms with Crippen molar-refractivity contribution >= 4 is 11.8 Å². The summed E-state index contributed by atoms with van der Waals surface area (Å²) < 4.78 is 10.6. The molecule has 0 N–H and O–H groups in total. The molecule has 3 heterocycles. The topological polar surface area (TPSA) is 106 Å². The number of carbonyl (C=O) groups excluding carboxylic acids is 2. The Morgan fingerprint density at radius 1 is 1.03 bits per heavy atom. The van der Waals surface area contributed by atoms with Crippen LogP contribution in [-0.2, 0) is 11.2 Å². The molecule has 0 bridgehead atoms. The molecule has 9 heteroatoms. The quantitative estimate of drug-likeness (QED) is 0.604. The molecule has 1 aromatic carbocycles. The zero-order valence-corrected chi connectivity index (χ0v) is 18.6. The van der Waals surface area contributed by atoms with E-state index >= 15 is 0 Å². The Morgan fingerprint density at radius 3 is 2.47 bits per heavy atom. The van der Waals surface area contributed by atoms with E-state index in [1.807, 2.05) is 36.9 Å². The Balaban J connectivity index is 1.50. The highest BCUT2D eigenvalue weighted by molar-refractivity contribution is 5.94. The first-order valence-electron chi connectivity index (χ1n) is 10.8. The summed E-state index contributed by atoms with van der Waals surface area (Å²) in [5.41, 5.74) is 2.39. The maximum atomic E-state index is 13.3. The molecule has 2 amide bonds. The second kappa shape index (κ2) is 9.33. The van der Waals surface area contributed by atoms with Gasteiger partial charge >= 0.3 is 0 Å². The molecular weight excluding hydrogens is 410 g/mol. The largest absolute Gasteiger partial charge is 0.361 e. The van der Waals surface area contributed by atoms with E-state index in [0.29, 0.717) is 56.2 Å². The lowest BCUT2D eigenvalue weighted by atomic mass is 10.1. The van der Waals surface area contributed by atoms with Gasteiger partial charge < -0.3 is 18.8 Å². The SMILES string of the molecule is Cc1noc(C2CCN(C(=O)CCc3c(C)noc3C)CCN2C(=O)c2ccccc2)n1. The number of nitrogens with zero attached hydrogens (tertiary/aromatic N) is 5. The Labute approximate surface area is 186 Å². The third kappa shape index (κ3) is 4.56. The fourth-order valence-electron chi connectivity index (χ4n) is 4.12. The second-order valence-corrected chi connectivity index (χ2v) is 8.03. The van der Waals surface area contributed by atoms with Crippen molar-refractivity contribution < 1.29 is 18.6 Å². The smallest absolute Gasteiger partial charge is 0.254 e. The second-order valence-electron chi connectivity index (χ2n) is 8.03. The number of aryl methyl sites for hydroxylation is 3. The van der Waals surface area contributed by atoms with Crippen molar-refractivity contribution in [1.29, 1.82) is 0 Å². The van der Waals surface area contributed by atoms with Crippen LogP contribution < -0.4 is 0 Å². The van der Waals surface area contributed by atoms with Gasteiger partial charge in [0.25, 0.3) is 5.91 Å². The fraction of sp³-hybridized carbons (Fsp3) is 0.435. The zero-order chi connectivity index (χ0) is 22.7. The van der Waals surface area contributed by atoms with Crippen LogP contribution in [0.15, 0.2) is 39.4 Å². The number of hydrogen-bond acceptors (Lipinski definition) is 7. The molecule has 0 saturated carbocycles. The van der Waals surface area contributed by atoms with Crippen molar-refractivity contribution in [3.63, 3.8) is 0 Å². The van der Waals surface area contributed by atoms with E-state index < -0.39 is 0 Å². The van der Waals surface area contributed by atoms with Gasteiger partial charge in [0.2, 0.25) is 11.8 Å². The molecule has 0 radical (unpaired) electrons. The normalized spacial score (nSPS) is 16.8. The molecule has 4 rings (SSSR count). The van der Waals surface area contributed by atoms with Gasteiger partial charge in [-0.05, 0) is 45.7 Å². The third-order valence-electron chi connectivity index (χ3n) is 5.89. The molecule has 1 aliphatic rings. The molecule has 0 spiro atoms. The summed E-state index contributed by atoms with van der Waals surface area (Å²) in [5.74, 6) is 1.59. The molecular formula is C23H27N5O4. The van der Waals surface area contributed by atoms with Crippen molar-refractivity contribution in [3.8, 4) is 0 Å². The summed E-state index contributed by atoms with van der Waals surface area (Å²) in [6.07, 6.45) is 1.46. The first-order valence-corrected chi connectivity index (χ1v) is 10.8. The van der Waals surface area contributed by atoms with Crippen LogP contribution in [-0.4, -0.2) is 56.5 Å². The van der Waals surface area contributed by atoms with Gasteiger partial charge in [0.1, 0.15) is 11.8 Å². The van der Waals surface area contributed by atoms with Crippen LogP contribution in [0, 0.1) is 20.8 Å². The van der Waals surface area contributed by atoms with Gasteiger partial charge in [-0.3, -0.25) is 9.59 Å². The van der Waals surface area contributed by atoms with Crippen LogP contribution >= 0.6 is 0 Å². The van der Waals surface area contributed by atoms with Crippen molar-refractivity contribution in [2.24, 2.45) is 0 Å². The van der Waals surface area contributed by atoms with Gasteiger partial charge in [-0.2, -0.15) is 4.98 Å². The number of hydrogen-bond donors (Lipinski definition) is 0. The molecule has 1 unspecified atom stereocenters. The molecule has 1 fully saturated rings. The minimum atomic E-state index is -0.385. The summed E-state index contributed by atoms with van der Waals surface area (Å²) >= 11 is 0. The van der Waals surface area contributed by atoms with E-state index in [1.54, 1.807) is 24.0 Å². The van der Waals surface area contributed by atoms with E-state index in [4.69, 9.17) is 9.05 Å². The number of amides is 2. The highest BCUT2D eigenvalue weighted by Crippen LogP contribution is 2.28. The number of carbonyl (C=O) groups is 2. The summed E-state index contributed by atoms with van der Waals surface area (Å²) in [7, 11) is 0. The van der Waals surface area contributed by atoms with Gasteiger partial charge in [0.15, 0.2) is 5.82 Å². The Bertz CT molecular complexity index is 1070. The third-order valence-corrected chi connectivity index (χ3v) is 5.89. The monoisotopic (exact) mass is 437 g/mol. The molecule has 168 valence electrons. The van der Waals surface area contributed by atoms with E-state index in [1.165, 1.54) is 0 Å². The van der Waals surface area contributed by atoms with Crippen molar-refractivity contribution in [2.45, 2.75) is 46.1 Å². The first kappa shape index (κ1) is 21.7. The highest BCUT2D eigenvalue weighted by Gasteiger charge is 2.34. The molecule has 32 heavy (non-hydrogen) atoms. The lowest BCUT2D eigenvalue weighted by molar-refractivity contribution is -0.131. The molecule has 1 aliphatic heterocycles. The molecule has 2 aromatic heterocycles. The average Bonchev–Trinajstić information content (AvgIpc) is 3.28. The van der Waals surface area contributed by atoms with Gasteiger partial charge in [0, 0.05) is 37.2 Å². The molecule has 1 saturated heterocycles. The van der Waals surface area contributed by atoms with Crippen molar-refractivity contribution in [2.75, 3.05) is 19.6 Å². The molecule has 9 nitrogen and oxygen atoms in total. The summed E-state index contributed by atoms with van der Waals surface area (Å²) in [5, 5.41) is 7.86. The summed E-state index contributed by atoms with van der Waals surface area (Å²) in [4.78, 5) is 34.2. The zero-order valence-electron chi connectivity index (χ0n) is 18.6. The standard InChI is InChI=1S/C23H27N5O4/c1-15-19(16(2)31-25-15)9-10-21(29)27-12-11-20(22-24-17(3)26-32-22)28(14-13-27)23(30)18-7-5-4-6-8-18/h4-8,20H,9-14H2,1-3H3. The Kier molecular flexibility index (Phi) is 6.34. The summed E-state index contributed by atoms with van der Waals surface area (Å²) in [6.45, 7) is 6.82. The first-order chi connectivity index (χ1) is 15.4. The highest BCUT2D eigenvalue weighted by atomic mass is 16.5. The van der Waals surface area contributed by atoms with E-state index in [0.717, 1.165) is 17.0 Å². The van der Waals surface area contributed by atoms with Crippen LogP contribution in [0.1, 0.15) is 58.0 Å².